The second-order valence-corrected chi connectivity index (χ2v) is 15.1. The number of nitrogens with zero attached hydrogens (tertiary/aromatic N) is 4. The zero-order valence-corrected chi connectivity index (χ0v) is 32.3. The summed E-state index contributed by atoms with van der Waals surface area (Å²) in [6.45, 7) is 7.60. The lowest BCUT2D eigenvalue weighted by atomic mass is 10.00. The fourth-order valence-electron chi connectivity index (χ4n) is 8.95. The van der Waals surface area contributed by atoms with Crippen molar-refractivity contribution in [2.45, 2.75) is 0 Å². The molecule has 0 bridgehead atoms. The van der Waals surface area contributed by atoms with Crippen LogP contribution in [0.15, 0.2) is 195 Å². The first kappa shape index (κ1) is 34.3. The van der Waals surface area contributed by atoms with Gasteiger partial charge in [-0.2, -0.15) is 5.26 Å². The molecular weight excluding hydrogens is 753 g/mol. The van der Waals surface area contributed by atoms with Gasteiger partial charge in [0.05, 0.1) is 41.0 Å². The van der Waals surface area contributed by atoms with Gasteiger partial charge in [0.1, 0.15) is 22.3 Å². The molecule has 0 amide bonds. The molecule has 0 N–H and O–H groups in total. The van der Waals surface area contributed by atoms with Crippen LogP contribution in [0.5, 0.6) is 0 Å². The minimum atomic E-state index is 0.563. The number of hydrogen-bond donors (Lipinski definition) is 0. The van der Waals surface area contributed by atoms with E-state index in [1.807, 2.05) is 84.9 Å². The summed E-state index contributed by atoms with van der Waals surface area (Å²) >= 11 is 0. The maximum atomic E-state index is 9.72. The smallest absolute Gasteiger partial charge is 0.187 e. The van der Waals surface area contributed by atoms with Crippen LogP contribution < -0.4 is 9.80 Å². The molecule has 0 saturated carbocycles. The standard InChI is InChI=1S/C54H30N4O3/c1-56-34-22-26-35(27-23-34)57(45-16-8-14-42-39-11-4-6-18-48(39)60-53(42)45)37-28-29-44-50(30-37)59-51-31-47(38-10-2-3-13-41(38)52(44)51)58(36-24-20-33(32-55)21-25-36)46-17-9-15-43-40-12-5-7-19-49(40)61-54(43)46/h2-31H. The third-order valence-corrected chi connectivity index (χ3v) is 11.7. The maximum Gasteiger partial charge on any atom is 0.187 e. The van der Waals surface area contributed by atoms with Crippen molar-refractivity contribution in [3.63, 3.8) is 0 Å². The Balaban J connectivity index is 1.09. The second-order valence-electron chi connectivity index (χ2n) is 15.1. The van der Waals surface area contributed by atoms with Crippen LogP contribution in [0.4, 0.5) is 39.8 Å². The Kier molecular flexibility index (Phi) is 7.52. The van der Waals surface area contributed by atoms with Crippen LogP contribution in [0.1, 0.15) is 5.56 Å². The van der Waals surface area contributed by atoms with Crippen molar-refractivity contribution in [3.05, 3.63) is 199 Å². The van der Waals surface area contributed by atoms with E-state index in [1.165, 1.54) is 0 Å². The van der Waals surface area contributed by atoms with E-state index >= 15 is 0 Å². The first-order valence-corrected chi connectivity index (χ1v) is 19.9. The fraction of sp³-hybridized carbons (Fsp3) is 0. The molecule has 7 nitrogen and oxygen atoms in total. The molecule has 61 heavy (non-hydrogen) atoms. The van der Waals surface area contributed by atoms with Gasteiger partial charge in [0.25, 0.3) is 0 Å². The predicted molar refractivity (Wildman–Crippen MR) is 246 cm³/mol. The van der Waals surface area contributed by atoms with E-state index in [0.717, 1.165) is 111 Å². The summed E-state index contributed by atoms with van der Waals surface area (Å²) < 4.78 is 20.1. The van der Waals surface area contributed by atoms with Gasteiger partial charge in [0, 0.05) is 61.2 Å². The number of fused-ring (bicyclic) bond motifs is 11. The number of rotatable bonds is 6. The Hall–Kier alpha value is -8.78. The molecular formula is C54H30N4O3. The highest BCUT2D eigenvalue weighted by Crippen LogP contribution is 2.49. The molecule has 0 aliphatic carbocycles. The second kappa shape index (κ2) is 13.4. The van der Waals surface area contributed by atoms with Gasteiger partial charge >= 0.3 is 0 Å². The largest absolute Gasteiger partial charge is 0.456 e. The van der Waals surface area contributed by atoms with Crippen LogP contribution in [0.3, 0.4) is 0 Å². The van der Waals surface area contributed by atoms with Crippen molar-refractivity contribution in [3.8, 4) is 6.07 Å². The van der Waals surface area contributed by atoms with Crippen molar-refractivity contribution in [1.29, 1.82) is 5.26 Å². The van der Waals surface area contributed by atoms with Crippen molar-refractivity contribution in [2.75, 3.05) is 9.80 Å². The van der Waals surface area contributed by atoms with E-state index in [9.17, 15) is 5.26 Å². The van der Waals surface area contributed by atoms with Crippen LogP contribution in [0.25, 0.3) is 81.4 Å². The highest BCUT2D eigenvalue weighted by atomic mass is 16.3. The zero-order valence-electron chi connectivity index (χ0n) is 32.3. The molecule has 3 heterocycles. The maximum absolute atomic E-state index is 9.72. The van der Waals surface area contributed by atoms with E-state index in [0.29, 0.717) is 11.3 Å². The number of benzene rings is 9. The van der Waals surface area contributed by atoms with E-state index in [1.54, 1.807) is 0 Å². The Morgan fingerprint density at radius 1 is 0.410 bits per heavy atom. The summed E-state index contributed by atoms with van der Waals surface area (Å²) in [7, 11) is 0. The Morgan fingerprint density at radius 2 is 0.951 bits per heavy atom. The molecule has 12 rings (SSSR count). The number of anilines is 6. The van der Waals surface area contributed by atoms with Crippen molar-refractivity contribution in [1.82, 2.24) is 0 Å². The van der Waals surface area contributed by atoms with Crippen LogP contribution in [0.2, 0.25) is 0 Å². The minimum absolute atomic E-state index is 0.563. The van der Waals surface area contributed by atoms with Crippen LogP contribution in [-0.4, -0.2) is 0 Å². The monoisotopic (exact) mass is 782 g/mol. The van der Waals surface area contributed by atoms with E-state index in [2.05, 4.69) is 118 Å². The van der Waals surface area contributed by atoms with Gasteiger partial charge in [-0.1, -0.05) is 97.1 Å². The molecule has 284 valence electrons. The lowest BCUT2D eigenvalue weighted by Gasteiger charge is -2.27. The molecule has 0 aliphatic rings. The first-order valence-electron chi connectivity index (χ1n) is 19.9. The average Bonchev–Trinajstić information content (AvgIpc) is 4.02. The first-order chi connectivity index (χ1) is 30.1. The summed E-state index contributed by atoms with van der Waals surface area (Å²) in [5.74, 6) is 0. The van der Waals surface area contributed by atoms with Gasteiger partial charge in [-0.3, -0.25) is 0 Å². The van der Waals surface area contributed by atoms with Crippen molar-refractivity contribution in [2.24, 2.45) is 0 Å². The van der Waals surface area contributed by atoms with Crippen LogP contribution in [0, 0.1) is 17.9 Å². The molecule has 0 saturated heterocycles. The normalized spacial score (nSPS) is 11.6. The molecule has 0 fully saturated rings. The molecule has 12 aromatic rings. The van der Waals surface area contributed by atoms with Gasteiger partial charge in [-0.05, 0) is 78.2 Å². The molecule has 0 atom stereocenters. The van der Waals surface area contributed by atoms with Gasteiger partial charge in [0.15, 0.2) is 16.9 Å². The van der Waals surface area contributed by atoms with Gasteiger partial charge in [0.2, 0.25) is 0 Å². The van der Waals surface area contributed by atoms with E-state index < -0.39 is 0 Å². The van der Waals surface area contributed by atoms with E-state index in [-0.39, 0.29) is 0 Å². The number of hydrogen-bond acceptors (Lipinski definition) is 6. The molecule has 0 unspecified atom stereocenters. The highest BCUT2D eigenvalue weighted by molar-refractivity contribution is 6.23. The topological polar surface area (TPSA) is 74.1 Å². The minimum Gasteiger partial charge on any atom is -0.456 e. The molecule has 0 spiro atoms. The Morgan fingerprint density at radius 3 is 1.59 bits per heavy atom. The van der Waals surface area contributed by atoms with Gasteiger partial charge in [-0.25, -0.2) is 4.85 Å². The summed E-state index contributed by atoms with van der Waals surface area (Å²) in [4.78, 5) is 8.02. The lowest BCUT2D eigenvalue weighted by Crippen LogP contribution is -2.11. The lowest BCUT2D eigenvalue weighted by molar-refractivity contribution is 0.667. The summed E-state index contributed by atoms with van der Waals surface area (Å²) in [6.07, 6.45) is 0. The van der Waals surface area contributed by atoms with E-state index in [4.69, 9.17) is 19.8 Å². The average molecular weight is 783 g/mol. The Bertz CT molecular complexity index is 3810. The highest BCUT2D eigenvalue weighted by Gasteiger charge is 2.25. The summed E-state index contributed by atoms with van der Waals surface area (Å²) in [5, 5.41) is 17.9. The quantitative estimate of drug-likeness (QED) is 0.156. The number of nitriles is 1. The molecule has 9 aromatic carbocycles. The predicted octanol–water partition coefficient (Wildman–Crippen LogP) is 15.9. The molecule has 3 aromatic heterocycles. The van der Waals surface area contributed by atoms with Crippen molar-refractivity contribution < 1.29 is 13.3 Å². The van der Waals surface area contributed by atoms with Crippen molar-refractivity contribution >= 4 is 116 Å². The molecule has 7 heteroatoms. The number of para-hydroxylation sites is 4. The van der Waals surface area contributed by atoms with Crippen LogP contribution in [-0.2, 0) is 0 Å². The Labute approximate surface area is 348 Å². The van der Waals surface area contributed by atoms with Gasteiger partial charge < -0.3 is 23.1 Å². The fourth-order valence-corrected chi connectivity index (χ4v) is 8.95. The zero-order chi connectivity index (χ0) is 40.6. The third kappa shape index (κ3) is 5.29. The molecule has 0 aliphatic heterocycles. The van der Waals surface area contributed by atoms with Gasteiger partial charge in [-0.15, -0.1) is 0 Å². The van der Waals surface area contributed by atoms with Crippen LogP contribution >= 0.6 is 0 Å². The summed E-state index contributed by atoms with van der Waals surface area (Å²) in [5.41, 5.74) is 11.0. The number of furan rings is 3. The molecule has 0 radical (unpaired) electrons. The summed E-state index contributed by atoms with van der Waals surface area (Å²) in [6, 6.07) is 63.0. The third-order valence-electron chi connectivity index (χ3n) is 11.7. The SMILES string of the molecule is [C-]#[N+]c1ccc(N(c2ccc3c(c2)oc2cc(N(c4ccc(C#N)cc4)c4cccc5c4oc4ccccc45)c4ccccc4c23)c2cccc3c2oc2ccccc23)cc1.